The minimum Gasteiger partial charge on any atom is -0.338 e. The molecule has 0 aliphatic carbocycles. The molecule has 0 radical (unpaired) electrons. The van der Waals surface area contributed by atoms with Crippen LogP contribution in [0.4, 0.5) is 0 Å². The number of rotatable bonds is 9. The maximum Gasteiger partial charge on any atom is 0.108 e. The molecule has 1 heterocycles. The van der Waals surface area contributed by atoms with E-state index in [-0.39, 0.29) is 0 Å². The van der Waals surface area contributed by atoms with E-state index in [4.69, 9.17) is 0 Å². The van der Waals surface area contributed by atoms with E-state index in [1.807, 2.05) is 12.4 Å². The Morgan fingerprint density at radius 3 is 2.56 bits per heavy atom. The van der Waals surface area contributed by atoms with Crippen molar-refractivity contribution in [3.63, 3.8) is 0 Å². The zero-order valence-corrected chi connectivity index (χ0v) is 12.3. The highest BCUT2D eigenvalue weighted by molar-refractivity contribution is 4.92. The van der Waals surface area contributed by atoms with Crippen molar-refractivity contribution in [2.45, 2.75) is 39.2 Å². The summed E-state index contributed by atoms with van der Waals surface area (Å²) in [6.45, 7) is 7.93. The van der Waals surface area contributed by atoms with Gasteiger partial charge in [0.2, 0.25) is 0 Å². The lowest BCUT2D eigenvalue weighted by atomic mass is 10.1. The summed E-state index contributed by atoms with van der Waals surface area (Å²) < 4.78 is 2.11. The van der Waals surface area contributed by atoms with Crippen molar-refractivity contribution in [2.24, 2.45) is 7.05 Å². The standard InChI is InChI=1S/C14H28N4/c1-5-18(6-2)11-9-13(15-3)7-8-14-16-10-12-17(14)4/h10,12-13,15H,5-9,11H2,1-4H3. The predicted octanol–water partition coefficient (Wildman–Crippen LogP) is 1.67. The van der Waals surface area contributed by atoms with E-state index in [0.29, 0.717) is 6.04 Å². The van der Waals surface area contributed by atoms with E-state index < -0.39 is 0 Å². The Morgan fingerprint density at radius 2 is 2.06 bits per heavy atom. The Balaban J connectivity index is 2.31. The minimum atomic E-state index is 0.585. The highest BCUT2D eigenvalue weighted by atomic mass is 15.1. The Kier molecular flexibility index (Phi) is 6.98. The lowest BCUT2D eigenvalue weighted by Crippen LogP contribution is -2.33. The molecule has 0 aliphatic heterocycles. The molecule has 1 atom stereocenters. The van der Waals surface area contributed by atoms with Crippen molar-refractivity contribution < 1.29 is 0 Å². The fraction of sp³-hybridized carbons (Fsp3) is 0.786. The van der Waals surface area contributed by atoms with Crippen molar-refractivity contribution in [3.05, 3.63) is 18.2 Å². The maximum absolute atomic E-state index is 4.37. The van der Waals surface area contributed by atoms with E-state index in [9.17, 15) is 0 Å². The summed E-state index contributed by atoms with van der Waals surface area (Å²) in [6.07, 6.45) is 7.30. The zero-order chi connectivity index (χ0) is 13.4. The molecular formula is C14H28N4. The third-order valence-electron chi connectivity index (χ3n) is 3.73. The molecule has 4 nitrogen and oxygen atoms in total. The average Bonchev–Trinajstić information content (AvgIpc) is 2.80. The number of nitrogens with one attached hydrogen (secondary N) is 1. The van der Waals surface area contributed by atoms with Crippen LogP contribution in [0.3, 0.4) is 0 Å². The number of aromatic nitrogens is 2. The molecule has 0 saturated carbocycles. The monoisotopic (exact) mass is 252 g/mol. The van der Waals surface area contributed by atoms with Crippen LogP contribution in [0.1, 0.15) is 32.5 Å². The Morgan fingerprint density at radius 1 is 1.33 bits per heavy atom. The zero-order valence-electron chi connectivity index (χ0n) is 12.3. The van der Waals surface area contributed by atoms with Crippen LogP contribution in [0.5, 0.6) is 0 Å². The lowest BCUT2D eigenvalue weighted by Gasteiger charge is -2.22. The largest absolute Gasteiger partial charge is 0.338 e. The molecular weight excluding hydrogens is 224 g/mol. The van der Waals surface area contributed by atoms with Gasteiger partial charge in [-0.05, 0) is 39.5 Å². The lowest BCUT2D eigenvalue weighted by molar-refractivity contribution is 0.280. The van der Waals surface area contributed by atoms with E-state index in [2.05, 4.69) is 47.7 Å². The van der Waals surface area contributed by atoms with Crippen LogP contribution in [0.15, 0.2) is 12.4 Å². The van der Waals surface area contributed by atoms with Crippen molar-refractivity contribution in [1.29, 1.82) is 0 Å². The molecule has 0 aromatic carbocycles. The molecule has 1 unspecified atom stereocenters. The fourth-order valence-corrected chi connectivity index (χ4v) is 2.25. The number of hydrogen-bond acceptors (Lipinski definition) is 3. The van der Waals surface area contributed by atoms with Gasteiger partial charge in [-0.15, -0.1) is 0 Å². The summed E-state index contributed by atoms with van der Waals surface area (Å²) in [4.78, 5) is 6.85. The Hall–Kier alpha value is -0.870. The van der Waals surface area contributed by atoms with Gasteiger partial charge in [0, 0.05) is 31.9 Å². The molecule has 1 aromatic heterocycles. The SMILES string of the molecule is CCN(CC)CCC(CCc1nccn1C)NC. The average molecular weight is 252 g/mol. The van der Waals surface area contributed by atoms with Crippen LogP contribution in [-0.2, 0) is 13.5 Å². The van der Waals surface area contributed by atoms with Crippen LogP contribution in [-0.4, -0.2) is 47.2 Å². The molecule has 104 valence electrons. The molecule has 1 aromatic rings. The highest BCUT2D eigenvalue weighted by Gasteiger charge is 2.10. The van der Waals surface area contributed by atoms with Gasteiger partial charge in [-0.25, -0.2) is 4.98 Å². The van der Waals surface area contributed by atoms with Gasteiger partial charge < -0.3 is 14.8 Å². The van der Waals surface area contributed by atoms with Gasteiger partial charge in [-0.3, -0.25) is 0 Å². The molecule has 1 N–H and O–H groups in total. The summed E-state index contributed by atoms with van der Waals surface area (Å²) in [5, 5.41) is 3.42. The van der Waals surface area contributed by atoms with Crippen LogP contribution < -0.4 is 5.32 Å². The van der Waals surface area contributed by atoms with E-state index in [0.717, 1.165) is 25.9 Å². The maximum atomic E-state index is 4.37. The molecule has 4 heteroatoms. The number of imidazole rings is 1. The summed E-state index contributed by atoms with van der Waals surface area (Å²) >= 11 is 0. The second kappa shape index (κ2) is 8.27. The van der Waals surface area contributed by atoms with E-state index in [1.54, 1.807) is 0 Å². The molecule has 0 bridgehead atoms. The van der Waals surface area contributed by atoms with E-state index in [1.165, 1.54) is 18.8 Å². The van der Waals surface area contributed by atoms with Gasteiger partial charge in [0.15, 0.2) is 0 Å². The first kappa shape index (κ1) is 15.2. The van der Waals surface area contributed by atoms with Gasteiger partial charge in [0.1, 0.15) is 5.82 Å². The van der Waals surface area contributed by atoms with Crippen LogP contribution in [0.2, 0.25) is 0 Å². The fourth-order valence-electron chi connectivity index (χ4n) is 2.25. The Labute approximate surface area is 111 Å². The topological polar surface area (TPSA) is 33.1 Å². The van der Waals surface area contributed by atoms with Crippen molar-refractivity contribution in [2.75, 3.05) is 26.7 Å². The highest BCUT2D eigenvalue weighted by Crippen LogP contribution is 2.06. The van der Waals surface area contributed by atoms with Crippen molar-refractivity contribution in [3.8, 4) is 0 Å². The van der Waals surface area contributed by atoms with Crippen molar-refractivity contribution >= 4 is 0 Å². The third-order valence-corrected chi connectivity index (χ3v) is 3.73. The van der Waals surface area contributed by atoms with Gasteiger partial charge in [-0.2, -0.15) is 0 Å². The summed E-state index contributed by atoms with van der Waals surface area (Å²) in [6, 6.07) is 0.585. The second-order valence-electron chi connectivity index (χ2n) is 4.79. The molecule has 1 rings (SSSR count). The number of aryl methyl sites for hydroxylation is 2. The second-order valence-corrected chi connectivity index (χ2v) is 4.79. The van der Waals surface area contributed by atoms with Crippen LogP contribution >= 0.6 is 0 Å². The third kappa shape index (κ3) is 4.78. The quantitative estimate of drug-likeness (QED) is 0.726. The molecule has 0 saturated heterocycles. The minimum absolute atomic E-state index is 0.585. The Bertz CT molecular complexity index is 317. The van der Waals surface area contributed by atoms with E-state index >= 15 is 0 Å². The van der Waals surface area contributed by atoms with Crippen molar-refractivity contribution in [1.82, 2.24) is 19.8 Å². The predicted molar refractivity (Wildman–Crippen MR) is 76.8 cm³/mol. The molecule has 0 aliphatic rings. The normalized spacial score (nSPS) is 13.2. The van der Waals surface area contributed by atoms with Crippen LogP contribution in [0, 0.1) is 0 Å². The van der Waals surface area contributed by atoms with Gasteiger partial charge in [0.05, 0.1) is 0 Å². The first-order valence-electron chi connectivity index (χ1n) is 7.07. The van der Waals surface area contributed by atoms with Gasteiger partial charge in [-0.1, -0.05) is 13.8 Å². The smallest absolute Gasteiger partial charge is 0.108 e. The van der Waals surface area contributed by atoms with Gasteiger partial charge >= 0.3 is 0 Å². The first-order valence-corrected chi connectivity index (χ1v) is 7.07. The van der Waals surface area contributed by atoms with Gasteiger partial charge in [0.25, 0.3) is 0 Å². The molecule has 18 heavy (non-hydrogen) atoms. The summed E-state index contributed by atoms with van der Waals surface area (Å²) in [7, 11) is 4.12. The summed E-state index contributed by atoms with van der Waals surface area (Å²) in [5.41, 5.74) is 0. The van der Waals surface area contributed by atoms with Crippen LogP contribution in [0.25, 0.3) is 0 Å². The number of hydrogen-bond donors (Lipinski definition) is 1. The summed E-state index contributed by atoms with van der Waals surface area (Å²) in [5.74, 6) is 1.18. The number of nitrogens with zero attached hydrogens (tertiary/aromatic N) is 3. The molecule has 0 spiro atoms. The molecule has 0 amide bonds. The molecule has 0 fully saturated rings. The first-order chi connectivity index (χ1) is 8.71.